The van der Waals surface area contributed by atoms with Gasteiger partial charge in [0.05, 0.1) is 5.56 Å². The monoisotopic (exact) mass is 208 g/mol. The second-order valence-corrected chi connectivity index (χ2v) is 3.06. The molecule has 0 unspecified atom stereocenters. The van der Waals surface area contributed by atoms with Crippen LogP contribution in [0.25, 0.3) is 0 Å². The van der Waals surface area contributed by atoms with Crippen molar-refractivity contribution in [3.05, 3.63) is 34.9 Å². The Hall–Kier alpha value is -1.88. The summed E-state index contributed by atoms with van der Waals surface area (Å²) >= 11 is 0. The number of hydrogen-bond donors (Lipinski definition) is 4. The molecule has 0 saturated heterocycles. The molecular weight excluding hydrogens is 196 g/mol. The van der Waals surface area contributed by atoms with Gasteiger partial charge in [-0.3, -0.25) is 16.1 Å². The van der Waals surface area contributed by atoms with Crippen molar-refractivity contribution in [2.24, 2.45) is 0 Å². The normalized spacial score (nSPS) is 9.73. The van der Waals surface area contributed by atoms with E-state index in [0.717, 1.165) is 5.56 Å². The van der Waals surface area contributed by atoms with Gasteiger partial charge in [0, 0.05) is 5.56 Å². The molecule has 0 aliphatic rings. The van der Waals surface area contributed by atoms with Crippen molar-refractivity contribution in [3.63, 3.8) is 0 Å². The molecule has 0 bridgehead atoms. The average molecular weight is 208 g/mol. The molecule has 80 valence electrons. The molecule has 5 heteroatoms. The number of nitrogens with one attached hydrogen (secondary N) is 2. The van der Waals surface area contributed by atoms with Gasteiger partial charge in [0.1, 0.15) is 5.84 Å². The van der Waals surface area contributed by atoms with Crippen LogP contribution in [0.1, 0.15) is 28.4 Å². The number of hydrogen-bond acceptors (Lipinski definition) is 3. The van der Waals surface area contributed by atoms with Crippen LogP contribution < -0.4 is 5.48 Å². The number of hydroxylamine groups is 1. The van der Waals surface area contributed by atoms with E-state index in [4.69, 9.17) is 15.7 Å². The van der Waals surface area contributed by atoms with Crippen molar-refractivity contribution in [3.8, 4) is 0 Å². The van der Waals surface area contributed by atoms with E-state index >= 15 is 0 Å². The maximum atomic E-state index is 10.8. The molecule has 0 radical (unpaired) electrons. The Kier molecular flexibility index (Phi) is 3.41. The minimum absolute atomic E-state index is 0.115. The molecule has 0 aromatic heterocycles. The Morgan fingerprint density at radius 2 is 2.00 bits per heavy atom. The van der Waals surface area contributed by atoms with Crippen LogP contribution in [0.4, 0.5) is 0 Å². The molecule has 0 amide bonds. The molecule has 0 fully saturated rings. The first kappa shape index (κ1) is 11.2. The third-order valence-electron chi connectivity index (χ3n) is 2.05. The van der Waals surface area contributed by atoms with Gasteiger partial charge in [-0.1, -0.05) is 6.92 Å². The van der Waals surface area contributed by atoms with Crippen molar-refractivity contribution in [1.29, 1.82) is 5.41 Å². The number of amidine groups is 1. The molecule has 1 aromatic carbocycles. The lowest BCUT2D eigenvalue weighted by molar-refractivity contribution is 0.0696. The summed E-state index contributed by atoms with van der Waals surface area (Å²) in [5, 5.41) is 24.7. The molecule has 15 heavy (non-hydrogen) atoms. The summed E-state index contributed by atoms with van der Waals surface area (Å²) in [5.41, 5.74) is 2.97. The summed E-state index contributed by atoms with van der Waals surface area (Å²) in [6.07, 6.45) is 0.673. The SMILES string of the molecule is CCc1cc(C(=N)NO)cc(C(=O)O)c1. The first-order chi connectivity index (χ1) is 7.08. The van der Waals surface area contributed by atoms with E-state index in [9.17, 15) is 4.79 Å². The van der Waals surface area contributed by atoms with Crippen LogP contribution in [0.2, 0.25) is 0 Å². The van der Waals surface area contributed by atoms with Gasteiger partial charge in [-0.05, 0) is 30.2 Å². The molecule has 0 aliphatic heterocycles. The van der Waals surface area contributed by atoms with Gasteiger partial charge in [0.15, 0.2) is 0 Å². The summed E-state index contributed by atoms with van der Waals surface area (Å²) in [5.74, 6) is -1.26. The smallest absolute Gasteiger partial charge is 0.335 e. The molecule has 0 aliphatic carbocycles. The topological polar surface area (TPSA) is 93.4 Å². The molecule has 4 N–H and O–H groups in total. The Bertz CT molecular complexity index is 402. The van der Waals surface area contributed by atoms with Crippen molar-refractivity contribution in [1.82, 2.24) is 5.48 Å². The second kappa shape index (κ2) is 4.56. The molecule has 1 aromatic rings. The van der Waals surface area contributed by atoms with Gasteiger partial charge in [0.2, 0.25) is 0 Å². The highest BCUT2D eigenvalue weighted by atomic mass is 16.5. The number of carboxylic acid groups (broad SMARTS) is 1. The number of carbonyl (C=O) groups is 1. The minimum atomic E-state index is -1.04. The predicted octanol–water partition coefficient (Wildman–Crippen LogP) is 1.25. The third kappa shape index (κ3) is 2.54. The largest absolute Gasteiger partial charge is 0.478 e. The summed E-state index contributed by atoms with van der Waals surface area (Å²) < 4.78 is 0. The zero-order chi connectivity index (χ0) is 11.4. The van der Waals surface area contributed by atoms with Crippen molar-refractivity contribution in [2.75, 3.05) is 0 Å². The van der Waals surface area contributed by atoms with Gasteiger partial charge >= 0.3 is 5.97 Å². The number of aryl methyl sites for hydroxylation is 1. The highest BCUT2D eigenvalue weighted by Crippen LogP contribution is 2.11. The Morgan fingerprint density at radius 1 is 1.40 bits per heavy atom. The standard InChI is InChI=1S/C10H12N2O3/c1-2-6-3-7(9(11)12-15)5-8(4-6)10(13)14/h3-5,15H,2H2,1H3,(H2,11,12)(H,13,14). The Balaban J connectivity index is 3.23. The minimum Gasteiger partial charge on any atom is -0.478 e. The van der Waals surface area contributed by atoms with Gasteiger partial charge < -0.3 is 5.11 Å². The molecule has 0 spiro atoms. The Labute approximate surface area is 86.8 Å². The van der Waals surface area contributed by atoms with Gasteiger partial charge in [-0.15, -0.1) is 0 Å². The van der Waals surface area contributed by atoms with Crippen LogP contribution in [-0.2, 0) is 6.42 Å². The number of carboxylic acids is 1. The lowest BCUT2D eigenvalue weighted by Gasteiger charge is -2.06. The fraction of sp³-hybridized carbons (Fsp3) is 0.200. The van der Waals surface area contributed by atoms with Crippen molar-refractivity contribution >= 4 is 11.8 Å². The van der Waals surface area contributed by atoms with E-state index in [1.807, 2.05) is 6.92 Å². The first-order valence-corrected chi connectivity index (χ1v) is 4.44. The third-order valence-corrected chi connectivity index (χ3v) is 2.05. The van der Waals surface area contributed by atoms with E-state index in [0.29, 0.717) is 12.0 Å². The van der Waals surface area contributed by atoms with Crippen LogP contribution in [0.3, 0.4) is 0 Å². The molecular formula is C10H12N2O3. The highest BCUT2D eigenvalue weighted by Gasteiger charge is 2.08. The zero-order valence-electron chi connectivity index (χ0n) is 8.24. The first-order valence-electron chi connectivity index (χ1n) is 4.44. The molecule has 5 nitrogen and oxygen atoms in total. The van der Waals surface area contributed by atoms with Crippen LogP contribution in [0.15, 0.2) is 18.2 Å². The van der Waals surface area contributed by atoms with Crippen LogP contribution in [-0.4, -0.2) is 22.1 Å². The van der Waals surface area contributed by atoms with Crippen molar-refractivity contribution in [2.45, 2.75) is 13.3 Å². The van der Waals surface area contributed by atoms with E-state index in [-0.39, 0.29) is 11.4 Å². The molecule has 0 saturated carbocycles. The average Bonchev–Trinajstić information content (AvgIpc) is 2.27. The van der Waals surface area contributed by atoms with E-state index in [1.165, 1.54) is 6.07 Å². The quantitative estimate of drug-likeness (QED) is 0.341. The molecule has 1 rings (SSSR count). The lowest BCUT2D eigenvalue weighted by atomic mass is 10.0. The maximum Gasteiger partial charge on any atom is 0.335 e. The highest BCUT2D eigenvalue weighted by molar-refractivity contribution is 5.98. The molecule has 0 heterocycles. The van der Waals surface area contributed by atoms with Gasteiger partial charge in [-0.2, -0.15) is 0 Å². The van der Waals surface area contributed by atoms with E-state index in [2.05, 4.69) is 0 Å². The predicted molar refractivity (Wildman–Crippen MR) is 54.5 cm³/mol. The second-order valence-electron chi connectivity index (χ2n) is 3.06. The zero-order valence-corrected chi connectivity index (χ0v) is 8.24. The van der Waals surface area contributed by atoms with Crippen LogP contribution in [0.5, 0.6) is 0 Å². The fourth-order valence-electron chi connectivity index (χ4n) is 1.23. The van der Waals surface area contributed by atoms with Crippen LogP contribution >= 0.6 is 0 Å². The van der Waals surface area contributed by atoms with Crippen LogP contribution in [0, 0.1) is 5.41 Å². The maximum absolute atomic E-state index is 10.8. The van der Waals surface area contributed by atoms with Crippen molar-refractivity contribution < 1.29 is 15.1 Å². The van der Waals surface area contributed by atoms with E-state index < -0.39 is 5.97 Å². The summed E-state index contributed by atoms with van der Waals surface area (Å²) in [7, 11) is 0. The number of benzene rings is 1. The number of rotatable bonds is 3. The summed E-state index contributed by atoms with van der Waals surface area (Å²) in [6.45, 7) is 1.89. The summed E-state index contributed by atoms with van der Waals surface area (Å²) in [6, 6.07) is 4.56. The fourth-order valence-corrected chi connectivity index (χ4v) is 1.23. The Morgan fingerprint density at radius 3 is 2.47 bits per heavy atom. The lowest BCUT2D eigenvalue weighted by Crippen LogP contribution is -2.19. The molecule has 0 atom stereocenters. The number of aromatic carboxylic acids is 1. The van der Waals surface area contributed by atoms with Gasteiger partial charge in [-0.25, -0.2) is 4.79 Å². The van der Waals surface area contributed by atoms with E-state index in [1.54, 1.807) is 17.6 Å². The summed E-state index contributed by atoms with van der Waals surface area (Å²) in [4.78, 5) is 10.8. The van der Waals surface area contributed by atoms with Gasteiger partial charge in [0.25, 0.3) is 0 Å².